The molecule has 434 valence electrons. The monoisotopic (exact) mass is 1160 g/mol. The van der Waals surface area contributed by atoms with Crippen LogP contribution in [0.3, 0.4) is 0 Å². The average molecular weight is 1160 g/mol. The molecule has 0 unspecified atom stereocenters. The van der Waals surface area contributed by atoms with Crippen LogP contribution >= 0.6 is 21.6 Å². The highest BCUT2D eigenvalue weighted by atomic mass is 33.1. The number of para-hydroxylation sites is 1. The Morgan fingerprint density at radius 1 is 0.642 bits per heavy atom. The summed E-state index contributed by atoms with van der Waals surface area (Å²) < 4.78 is 0. The van der Waals surface area contributed by atoms with E-state index in [1.165, 1.54) is 19.4 Å². The highest BCUT2D eigenvalue weighted by Gasteiger charge is 2.40. The molecule has 6 rings (SSSR count). The predicted octanol–water partition coefficient (Wildman–Crippen LogP) is -3.76. The van der Waals surface area contributed by atoms with Crippen LogP contribution in [0.4, 0.5) is 4.79 Å². The summed E-state index contributed by atoms with van der Waals surface area (Å²) in [6.07, 6.45) is 4.58. The molecule has 11 amide bonds. The maximum Gasteiger partial charge on any atom is 0.325 e. The fourth-order valence-electron chi connectivity index (χ4n) is 8.57. The van der Waals surface area contributed by atoms with E-state index in [2.05, 4.69) is 67.5 Å². The van der Waals surface area contributed by atoms with Crippen LogP contribution in [0.5, 0.6) is 0 Å². The number of aromatic nitrogens is 3. The fraction of sp³-hybridized carbons (Fsp3) is 0.420. The molecule has 29 nitrogen and oxygen atoms in total. The SMILES string of the molecule is C[C@H]1NC(=O)[C@@H](NC(=O)CN2C(=O)N[C@H](CCCN=C(N)N)C2=O)CSSC[C@@H](C(N)=O)NC(=O)[C@H](Cc2c[nH]c3ccccc23)NC(=O)[C@H](CCCN=C(N)N)NC(=O)[C@@H](Cc2ccccc2)NC(=O)[C@H](Cc2cnc[nH]2)NC1=O. The Labute approximate surface area is 472 Å². The van der Waals surface area contributed by atoms with E-state index in [-0.39, 0.29) is 75.0 Å². The summed E-state index contributed by atoms with van der Waals surface area (Å²) in [5, 5.41) is 21.8. The van der Waals surface area contributed by atoms with Gasteiger partial charge in [-0.15, -0.1) is 0 Å². The molecule has 4 aromatic rings. The van der Waals surface area contributed by atoms with Crippen molar-refractivity contribution >= 4 is 104 Å². The molecule has 0 radical (unpaired) electrons. The number of hydrogen-bond donors (Lipinski definition) is 15. The van der Waals surface area contributed by atoms with Gasteiger partial charge in [-0.25, -0.2) is 9.78 Å². The first kappa shape index (κ1) is 61.3. The van der Waals surface area contributed by atoms with Gasteiger partial charge in [-0.2, -0.15) is 0 Å². The number of hydrogen-bond acceptors (Lipinski definition) is 15. The molecule has 2 aliphatic heterocycles. The lowest BCUT2D eigenvalue weighted by Crippen LogP contribution is -2.60. The first-order chi connectivity index (χ1) is 38.8. The summed E-state index contributed by atoms with van der Waals surface area (Å²) in [4.78, 5) is 158. The van der Waals surface area contributed by atoms with Gasteiger partial charge in [0.25, 0.3) is 5.91 Å². The molecule has 0 aliphatic carbocycles. The summed E-state index contributed by atoms with van der Waals surface area (Å²) in [7, 11) is 1.93. The Kier molecular flexibility index (Phi) is 22.7. The van der Waals surface area contributed by atoms with Crippen molar-refractivity contribution in [3.63, 3.8) is 0 Å². The van der Waals surface area contributed by atoms with Crippen LogP contribution in [-0.4, -0.2) is 170 Å². The molecule has 2 aromatic heterocycles. The lowest BCUT2D eigenvalue weighted by atomic mass is 10.0. The van der Waals surface area contributed by atoms with E-state index in [0.717, 1.165) is 32.5 Å². The standard InChI is InChI=1S/C50H67N19O10S2/c1-26-41(72)64-36(19-29-21-56-25-60-29)45(76)65-34(17-27-9-3-2-4-10-27)43(74)63-32(13-7-15-57-48(52)53)42(73)66-35(18-28-20-59-31-12-6-5-11-30(28)31)44(75)67-37(40(51)71)23-80-81-24-38(46(77)61-26)62-39(70)22-69-47(78)33(68-50(69)79)14-8-16-58-49(54)55/h2-6,9-12,20-21,25-26,32-38,59H,7-8,13-19,22-24H2,1H3,(H2,51,71)(H,56,60)(H,61,77)(H,62,70)(H,63,74)(H,64,72)(H,65,76)(H,66,73)(H,67,75)(H,68,79)(H4,52,53,57)(H4,54,55,58)/t26-,32+,33-,34-,35+,36+,37+,38+/m1/s1. The Bertz CT molecular complexity index is 2950. The third kappa shape index (κ3) is 18.6. The maximum absolute atomic E-state index is 14.7. The number of nitrogens with zero attached hydrogens (tertiary/aromatic N) is 4. The first-order valence-corrected chi connectivity index (χ1v) is 28.2. The van der Waals surface area contributed by atoms with Gasteiger partial charge in [0.2, 0.25) is 47.3 Å². The van der Waals surface area contributed by atoms with E-state index >= 15 is 0 Å². The van der Waals surface area contributed by atoms with Crippen LogP contribution in [0.15, 0.2) is 83.3 Å². The predicted molar refractivity (Wildman–Crippen MR) is 302 cm³/mol. The maximum atomic E-state index is 14.7. The van der Waals surface area contributed by atoms with E-state index in [4.69, 9.17) is 28.7 Å². The zero-order valence-electron chi connectivity index (χ0n) is 44.1. The Balaban J connectivity index is 1.33. The minimum atomic E-state index is -1.48. The van der Waals surface area contributed by atoms with Gasteiger partial charge >= 0.3 is 6.03 Å². The number of imide groups is 1. The Morgan fingerprint density at radius 2 is 1.22 bits per heavy atom. The fourth-order valence-corrected chi connectivity index (χ4v) is 10.9. The zero-order chi connectivity index (χ0) is 58.6. The molecule has 2 fully saturated rings. The van der Waals surface area contributed by atoms with E-state index in [1.54, 1.807) is 42.6 Å². The number of benzene rings is 2. The minimum absolute atomic E-state index is 0.0471. The summed E-state index contributed by atoms with van der Waals surface area (Å²) in [5.74, 6) is -8.57. The van der Waals surface area contributed by atoms with Crippen LogP contribution < -0.4 is 71.2 Å². The molecule has 0 bridgehead atoms. The number of carbonyl (C=O) groups excluding carboxylic acids is 10. The zero-order valence-corrected chi connectivity index (χ0v) is 45.7. The van der Waals surface area contributed by atoms with Gasteiger partial charge in [-0.1, -0.05) is 70.1 Å². The van der Waals surface area contributed by atoms with Crippen molar-refractivity contribution in [2.24, 2.45) is 38.7 Å². The lowest BCUT2D eigenvalue weighted by Gasteiger charge is -2.27. The molecular formula is C50H67N19O10S2. The normalized spacial score (nSPS) is 22.9. The van der Waals surface area contributed by atoms with Gasteiger partial charge < -0.3 is 81.2 Å². The number of primary amides is 1. The highest BCUT2D eigenvalue weighted by molar-refractivity contribution is 8.76. The number of nitrogens with one attached hydrogen (secondary N) is 10. The number of rotatable bonds is 18. The van der Waals surface area contributed by atoms with Crippen LogP contribution in [0, 0.1) is 0 Å². The molecule has 20 N–H and O–H groups in total. The van der Waals surface area contributed by atoms with Crippen molar-refractivity contribution in [3.05, 3.63) is 90.1 Å². The number of aromatic amines is 2. The number of fused-ring (bicyclic) bond motifs is 1. The number of amides is 11. The second-order valence-corrected chi connectivity index (χ2v) is 21.5. The van der Waals surface area contributed by atoms with Gasteiger partial charge in [0.15, 0.2) is 11.9 Å². The molecule has 31 heteroatoms. The molecule has 81 heavy (non-hydrogen) atoms. The number of carbonyl (C=O) groups is 10. The average Bonchev–Trinajstić information content (AvgIpc) is 4.17. The van der Waals surface area contributed by atoms with Gasteiger partial charge in [-0.05, 0) is 49.8 Å². The Morgan fingerprint density at radius 3 is 1.88 bits per heavy atom. The number of nitrogens with two attached hydrogens (primary N) is 5. The summed E-state index contributed by atoms with van der Waals surface area (Å²) in [6.45, 7) is 0.743. The number of imidazole rings is 1. The van der Waals surface area contributed by atoms with Crippen LogP contribution in [-0.2, 0) is 62.4 Å². The summed E-state index contributed by atoms with van der Waals surface area (Å²) in [6, 6.07) is 4.16. The number of guanidine groups is 2. The second-order valence-electron chi connectivity index (χ2n) is 19.0. The van der Waals surface area contributed by atoms with Crippen molar-refractivity contribution in [1.82, 2.24) is 62.4 Å². The minimum Gasteiger partial charge on any atom is -0.370 e. The van der Waals surface area contributed by atoms with Crippen LogP contribution in [0.2, 0.25) is 0 Å². The molecule has 0 spiro atoms. The van der Waals surface area contributed by atoms with E-state index in [9.17, 15) is 47.9 Å². The largest absolute Gasteiger partial charge is 0.370 e. The smallest absolute Gasteiger partial charge is 0.325 e. The number of urea groups is 1. The number of H-pyrrole nitrogens is 2. The van der Waals surface area contributed by atoms with Crippen molar-refractivity contribution in [3.8, 4) is 0 Å². The molecule has 2 saturated heterocycles. The van der Waals surface area contributed by atoms with E-state index < -0.39 is 114 Å². The first-order valence-electron chi connectivity index (χ1n) is 25.7. The topological polar surface area (TPSA) is 469 Å². The molecule has 2 aromatic carbocycles. The molecule has 0 saturated carbocycles. The van der Waals surface area contributed by atoms with Crippen molar-refractivity contribution in [2.45, 2.75) is 100 Å². The molecule has 8 atom stereocenters. The van der Waals surface area contributed by atoms with Crippen LogP contribution in [0.1, 0.15) is 49.4 Å². The summed E-state index contributed by atoms with van der Waals surface area (Å²) in [5.41, 5.74) is 30.1. The van der Waals surface area contributed by atoms with Gasteiger partial charge in [0.05, 0.1) is 6.33 Å². The number of aliphatic imine (C=N–C) groups is 2. The van der Waals surface area contributed by atoms with Crippen molar-refractivity contribution in [1.29, 1.82) is 0 Å². The molecule has 2 aliphatic rings. The lowest BCUT2D eigenvalue weighted by molar-refractivity contribution is -0.135. The van der Waals surface area contributed by atoms with E-state index in [1.807, 2.05) is 18.2 Å². The highest BCUT2D eigenvalue weighted by Crippen LogP contribution is 2.24. The third-order valence-electron chi connectivity index (χ3n) is 12.8. The van der Waals surface area contributed by atoms with Crippen LogP contribution in [0.25, 0.3) is 10.9 Å². The van der Waals surface area contributed by atoms with Gasteiger partial charge in [0.1, 0.15) is 54.9 Å². The second kappa shape index (κ2) is 29.9. The van der Waals surface area contributed by atoms with Crippen molar-refractivity contribution < 1.29 is 47.9 Å². The molecule has 4 heterocycles. The van der Waals surface area contributed by atoms with E-state index in [0.29, 0.717) is 28.1 Å². The summed E-state index contributed by atoms with van der Waals surface area (Å²) >= 11 is 0. The van der Waals surface area contributed by atoms with Gasteiger partial charge in [0, 0.05) is 72.8 Å². The quantitative estimate of drug-likeness (QED) is 0.0150. The Hall–Kier alpha value is -8.87. The van der Waals surface area contributed by atoms with Crippen molar-refractivity contribution in [2.75, 3.05) is 31.1 Å². The third-order valence-corrected chi connectivity index (χ3v) is 15.2. The molecular weight excluding hydrogens is 1090 g/mol. The van der Waals surface area contributed by atoms with Gasteiger partial charge in [-0.3, -0.25) is 58.0 Å².